The van der Waals surface area contributed by atoms with E-state index in [0.717, 1.165) is 55.4 Å². The molecule has 116 valence electrons. The Labute approximate surface area is 134 Å². The number of hydrogen-bond acceptors (Lipinski definition) is 4. The summed E-state index contributed by atoms with van der Waals surface area (Å²) < 4.78 is 2.30. The van der Waals surface area contributed by atoms with Gasteiger partial charge in [0.05, 0.1) is 6.42 Å². The highest BCUT2D eigenvalue weighted by Crippen LogP contribution is 2.29. The Balaban J connectivity index is 1.37. The van der Waals surface area contributed by atoms with E-state index in [1.165, 1.54) is 6.42 Å². The molecule has 2 aromatic rings. The number of nitrogens with zero attached hydrogens (tertiary/aromatic N) is 4. The third kappa shape index (κ3) is 2.56. The smallest absolute Gasteiger partial charge is 0.227 e. The summed E-state index contributed by atoms with van der Waals surface area (Å²) in [6.45, 7) is 2.75. The Bertz CT molecular complexity index is 656. The van der Waals surface area contributed by atoms with E-state index >= 15 is 0 Å². The van der Waals surface area contributed by atoms with Crippen LogP contribution in [0.4, 0.5) is 0 Å². The lowest BCUT2D eigenvalue weighted by atomic mass is 9.95. The highest BCUT2D eigenvalue weighted by atomic mass is 32.1. The first-order valence-electron chi connectivity index (χ1n) is 8.03. The van der Waals surface area contributed by atoms with Crippen molar-refractivity contribution in [3.8, 4) is 0 Å². The molecule has 0 radical (unpaired) electrons. The van der Waals surface area contributed by atoms with Gasteiger partial charge in [-0.1, -0.05) is 6.07 Å². The number of aromatic nitrogens is 3. The van der Waals surface area contributed by atoms with Gasteiger partial charge in [0.15, 0.2) is 0 Å². The first-order valence-corrected chi connectivity index (χ1v) is 8.91. The number of piperidine rings is 1. The van der Waals surface area contributed by atoms with Crippen LogP contribution in [0.15, 0.2) is 17.5 Å². The maximum atomic E-state index is 12.3. The second kappa shape index (κ2) is 5.83. The molecule has 1 saturated heterocycles. The molecule has 1 fully saturated rings. The summed E-state index contributed by atoms with van der Waals surface area (Å²) in [5.74, 6) is 3.02. The van der Waals surface area contributed by atoms with E-state index in [2.05, 4.69) is 14.8 Å². The Hall–Kier alpha value is -1.69. The largest absolute Gasteiger partial charge is 0.342 e. The Morgan fingerprint density at radius 1 is 1.27 bits per heavy atom. The number of fused-ring (bicyclic) bond motifs is 1. The Morgan fingerprint density at radius 3 is 2.91 bits per heavy atom. The second-order valence-corrected chi connectivity index (χ2v) is 7.17. The van der Waals surface area contributed by atoms with Gasteiger partial charge in [0.1, 0.15) is 11.6 Å². The molecule has 0 saturated carbocycles. The molecular weight excluding hydrogens is 296 g/mol. The van der Waals surface area contributed by atoms with Crippen molar-refractivity contribution in [2.45, 2.75) is 44.6 Å². The predicted octanol–water partition coefficient (Wildman–Crippen LogP) is 2.23. The summed E-state index contributed by atoms with van der Waals surface area (Å²) >= 11 is 1.66. The topological polar surface area (TPSA) is 51.0 Å². The zero-order valence-corrected chi connectivity index (χ0v) is 13.4. The van der Waals surface area contributed by atoms with Crippen molar-refractivity contribution in [1.82, 2.24) is 19.7 Å². The van der Waals surface area contributed by atoms with E-state index in [-0.39, 0.29) is 5.91 Å². The van der Waals surface area contributed by atoms with Crippen LogP contribution in [0.25, 0.3) is 0 Å². The van der Waals surface area contributed by atoms with Crippen molar-refractivity contribution in [2.75, 3.05) is 13.1 Å². The van der Waals surface area contributed by atoms with Crippen LogP contribution in [0.1, 0.15) is 41.7 Å². The highest BCUT2D eigenvalue weighted by molar-refractivity contribution is 7.10. The quantitative estimate of drug-likeness (QED) is 0.872. The zero-order chi connectivity index (χ0) is 14.9. The van der Waals surface area contributed by atoms with Gasteiger partial charge >= 0.3 is 0 Å². The third-order valence-corrected chi connectivity index (χ3v) is 5.63. The summed E-state index contributed by atoms with van der Waals surface area (Å²) in [4.78, 5) is 15.5. The molecule has 0 atom stereocenters. The monoisotopic (exact) mass is 316 g/mol. The van der Waals surface area contributed by atoms with Crippen LogP contribution < -0.4 is 0 Å². The molecule has 0 spiro atoms. The third-order valence-electron chi connectivity index (χ3n) is 4.76. The highest BCUT2D eigenvalue weighted by Gasteiger charge is 2.29. The zero-order valence-electron chi connectivity index (χ0n) is 12.6. The van der Waals surface area contributed by atoms with E-state index in [0.29, 0.717) is 12.3 Å². The lowest BCUT2D eigenvalue weighted by Crippen LogP contribution is -2.39. The number of carbonyl (C=O) groups is 1. The van der Waals surface area contributed by atoms with Crippen molar-refractivity contribution in [2.24, 2.45) is 0 Å². The van der Waals surface area contributed by atoms with Crippen LogP contribution in [-0.4, -0.2) is 38.7 Å². The van der Waals surface area contributed by atoms with E-state index in [9.17, 15) is 4.79 Å². The molecule has 0 N–H and O–H groups in total. The van der Waals surface area contributed by atoms with Gasteiger partial charge in [0, 0.05) is 36.9 Å². The van der Waals surface area contributed by atoms with Crippen molar-refractivity contribution in [3.05, 3.63) is 34.0 Å². The number of carbonyl (C=O) groups excluding carboxylic acids is 1. The van der Waals surface area contributed by atoms with Gasteiger partial charge in [-0.25, -0.2) is 0 Å². The number of rotatable bonds is 3. The van der Waals surface area contributed by atoms with E-state index < -0.39 is 0 Å². The van der Waals surface area contributed by atoms with E-state index in [1.54, 1.807) is 11.3 Å². The van der Waals surface area contributed by atoms with Gasteiger partial charge in [-0.15, -0.1) is 21.5 Å². The SMILES string of the molecule is O=C(Cc1cccs1)N1CCC(c2nnc3n2CCC3)CC1. The second-order valence-electron chi connectivity index (χ2n) is 6.14. The van der Waals surface area contributed by atoms with Gasteiger partial charge in [0.25, 0.3) is 0 Å². The van der Waals surface area contributed by atoms with Crippen LogP contribution >= 0.6 is 11.3 Å². The van der Waals surface area contributed by atoms with Crippen molar-refractivity contribution in [1.29, 1.82) is 0 Å². The minimum atomic E-state index is 0.257. The number of likely N-dealkylation sites (tertiary alicyclic amines) is 1. The molecule has 0 aliphatic carbocycles. The summed E-state index contributed by atoms with van der Waals surface area (Å²) in [7, 11) is 0. The van der Waals surface area contributed by atoms with Crippen LogP contribution in [0, 0.1) is 0 Å². The summed E-state index contributed by atoms with van der Waals surface area (Å²) in [6.07, 6.45) is 4.81. The molecule has 2 aromatic heterocycles. The van der Waals surface area contributed by atoms with Gasteiger partial charge in [0.2, 0.25) is 5.91 Å². The molecule has 2 aliphatic rings. The molecule has 0 unspecified atom stereocenters. The summed E-state index contributed by atoms with van der Waals surface area (Å²) in [5, 5.41) is 10.7. The van der Waals surface area contributed by atoms with Crippen molar-refractivity contribution >= 4 is 17.2 Å². The average Bonchev–Trinajstić information content (AvgIpc) is 3.25. The van der Waals surface area contributed by atoms with Crippen molar-refractivity contribution in [3.63, 3.8) is 0 Å². The van der Waals surface area contributed by atoms with Gasteiger partial charge in [-0.3, -0.25) is 4.79 Å². The molecular formula is C16H20N4OS. The average molecular weight is 316 g/mol. The van der Waals surface area contributed by atoms with Crippen LogP contribution in [0.2, 0.25) is 0 Å². The number of amides is 1. The van der Waals surface area contributed by atoms with Crippen LogP contribution in [0.5, 0.6) is 0 Å². The molecule has 22 heavy (non-hydrogen) atoms. The van der Waals surface area contributed by atoms with Gasteiger partial charge in [-0.05, 0) is 30.7 Å². The Morgan fingerprint density at radius 2 is 2.14 bits per heavy atom. The molecule has 1 amide bonds. The number of aryl methyl sites for hydroxylation is 1. The maximum Gasteiger partial charge on any atom is 0.227 e. The maximum absolute atomic E-state index is 12.3. The first kappa shape index (κ1) is 13.9. The molecule has 0 aromatic carbocycles. The number of hydrogen-bond donors (Lipinski definition) is 0. The molecule has 5 nitrogen and oxygen atoms in total. The molecule has 0 bridgehead atoms. The minimum absolute atomic E-state index is 0.257. The Kier molecular flexibility index (Phi) is 3.70. The standard InChI is InChI=1S/C16H20N4OS/c21-15(11-13-3-2-10-22-13)19-8-5-12(6-9-19)16-18-17-14-4-1-7-20(14)16/h2-3,10,12H,1,4-9,11H2. The number of thiophene rings is 1. The van der Waals surface area contributed by atoms with Crippen molar-refractivity contribution < 1.29 is 4.79 Å². The van der Waals surface area contributed by atoms with Crippen LogP contribution in [-0.2, 0) is 24.2 Å². The fourth-order valence-electron chi connectivity index (χ4n) is 3.54. The summed E-state index contributed by atoms with van der Waals surface area (Å²) in [5.41, 5.74) is 0. The fraction of sp³-hybridized carbons (Fsp3) is 0.562. The summed E-state index contributed by atoms with van der Waals surface area (Å²) in [6, 6.07) is 4.04. The van der Waals surface area contributed by atoms with Gasteiger partial charge < -0.3 is 9.47 Å². The minimum Gasteiger partial charge on any atom is -0.342 e. The first-order chi connectivity index (χ1) is 10.8. The molecule has 2 aliphatic heterocycles. The fourth-order valence-corrected chi connectivity index (χ4v) is 4.23. The van der Waals surface area contributed by atoms with E-state index in [4.69, 9.17) is 0 Å². The molecule has 6 heteroatoms. The predicted molar refractivity (Wildman–Crippen MR) is 84.9 cm³/mol. The molecule has 4 heterocycles. The van der Waals surface area contributed by atoms with Crippen LogP contribution in [0.3, 0.4) is 0 Å². The normalized spacial score (nSPS) is 18.6. The lowest BCUT2D eigenvalue weighted by Gasteiger charge is -2.31. The van der Waals surface area contributed by atoms with E-state index in [1.807, 2.05) is 22.4 Å². The van der Waals surface area contributed by atoms with Gasteiger partial charge in [-0.2, -0.15) is 0 Å². The lowest BCUT2D eigenvalue weighted by molar-refractivity contribution is -0.131. The molecule has 4 rings (SSSR count).